The van der Waals surface area contributed by atoms with Gasteiger partial charge in [0.05, 0.1) is 13.1 Å². The van der Waals surface area contributed by atoms with Crippen molar-refractivity contribution in [2.75, 3.05) is 26.2 Å². The summed E-state index contributed by atoms with van der Waals surface area (Å²) in [6.45, 7) is 7.94. The zero-order chi connectivity index (χ0) is 16.7. The summed E-state index contributed by atoms with van der Waals surface area (Å²) in [5, 5.41) is 18.2. The Balaban J connectivity index is 2.91. The predicted octanol–water partition coefficient (Wildman–Crippen LogP) is 1.75. The van der Waals surface area contributed by atoms with Crippen molar-refractivity contribution in [2.45, 2.75) is 58.5 Å². The fraction of sp³-hybridized carbons (Fsp3) is 0.875. The molecule has 2 N–H and O–H groups in total. The molecule has 1 saturated carbocycles. The molecule has 22 heavy (non-hydrogen) atoms. The van der Waals surface area contributed by atoms with Crippen LogP contribution in [0, 0.1) is 5.92 Å². The summed E-state index contributed by atoms with van der Waals surface area (Å²) in [6.07, 6.45) is 4.06. The third-order valence-electron chi connectivity index (χ3n) is 4.31. The first-order valence-corrected chi connectivity index (χ1v) is 8.26. The van der Waals surface area contributed by atoms with Gasteiger partial charge in [0.2, 0.25) is 0 Å². The Kier molecular flexibility index (Phi) is 7.82. The summed E-state index contributed by atoms with van der Waals surface area (Å²) >= 11 is 0. The fourth-order valence-corrected chi connectivity index (χ4v) is 3.55. The summed E-state index contributed by atoms with van der Waals surface area (Å²) in [5.74, 6) is -1.38. The van der Waals surface area contributed by atoms with Crippen molar-refractivity contribution in [3.8, 4) is 0 Å². The molecule has 0 aromatic heterocycles. The maximum atomic E-state index is 11.1. The number of rotatable bonds is 9. The Morgan fingerprint density at radius 2 is 1.45 bits per heavy atom. The molecule has 0 amide bonds. The van der Waals surface area contributed by atoms with Crippen LogP contribution < -0.4 is 0 Å². The first-order chi connectivity index (χ1) is 10.3. The quantitative estimate of drug-likeness (QED) is 0.675. The van der Waals surface area contributed by atoms with Crippen LogP contribution in [0.25, 0.3) is 0 Å². The highest BCUT2D eigenvalue weighted by molar-refractivity contribution is 5.72. The molecule has 6 heteroatoms. The highest BCUT2D eigenvalue weighted by Gasteiger charge is 2.35. The number of nitrogens with zero attached hydrogens (tertiary/aromatic N) is 2. The van der Waals surface area contributed by atoms with Crippen molar-refractivity contribution >= 4 is 11.9 Å². The van der Waals surface area contributed by atoms with E-state index < -0.39 is 11.9 Å². The van der Waals surface area contributed by atoms with Crippen molar-refractivity contribution in [3.05, 3.63) is 0 Å². The lowest BCUT2D eigenvalue weighted by Gasteiger charge is -2.44. The molecule has 0 bridgehead atoms. The minimum Gasteiger partial charge on any atom is -0.480 e. The number of hydrogen-bond acceptors (Lipinski definition) is 4. The molecule has 1 aliphatic carbocycles. The number of carbonyl (C=O) groups is 2. The molecule has 0 aromatic rings. The van der Waals surface area contributed by atoms with Crippen LogP contribution in [0.15, 0.2) is 0 Å². The average Bonchev–Trinajstić information content (AvgIpc) is 2.43. The highest BCUT2D eigenvalue weighted by atomic mass is 16.4. The number of aliphatic carboxylic acids is 2. The molecule has 128 valence electrons. The summed E-state index contributed by atoms with van der Waals surface area (Å²) < 4.78 is 0. The number of carboxylic acids is 2. The molecule has 0 spiro atoms. The van der Waals surface area contributed by atoms with Crippen molar-refractivity contribution in [1.29, 1.82) is 0 Å². The highest BCUT2D eigenvalue weighted by Crippen LogP contribution is 2.27. The molecule has 2 unspecified atom stereocenters. The van der Waals surface area contributed by atoms with E-state index >= 15 is 0 Å². The predicted molar refractivity (Wildman–Crippen MR) is 85.0 cm³/mol. The lowest BCUT2D eigenvalue weighted by molar-refractivity contribution is -0.144. The van der Waals surface area contributed by atoms with Crippen LogP contribution in [-0.2, 0) is 9.59 Å². The molecule has 0 radical (unpaired) electrons. The Bertz CT molecular complexity index is 357. The molecular weight excluding hydrogens is 284 g/mol. The van der Waals surface area contributed by atoms with E-state index in [2.05, 4.69) is 25.7 Å². The number of hydrogen-bond donors (Lipinski definition) is 2. The minimum atomic E-state index is -0.961. The van der Waals surface area contributed by atoms with Gasteiger partial charge in [-0.15, -0.1) is 0 Å². The van der Waals surface area contributed by atoms with E-state index in [-0.39, 0.29) is 25.2 Å². The summed E-state index contributed by atoms with van der Waals surface area (Å²) in [7, 11) is 0. The number of likely N-dealkylation sites (N-methyl/N-ethyl adjacent to an activating group) is 1. The maximum Gasteiger partial charge on any atom is 0.317 e. The summed E-state index contributed by atoms with van der Waals surface area (Å²) in [4.78, 5) is 26.2. The molecule has 6 nitrogen and oxygen atoms in total. The van der Waals surface area contributed by atoms with Gasteiger partial charge in [0.1, 0.15) is 0 Å². The molecule has 0 aromatic carbocycles. The maximum absolute atomic E-state index is 11.1. The van der Waals surface area contributed by atoms with Gasteiger partial charge in [-0.1, -0.05) is 33.6 Å². The van der Waals surface area contributed by atoms with Gasteiger partial charge in [-0.3, -0.25) is 19.4 Å². The molecule has 1 fully saturated rings. The van der Waals surface area contributed by atoms with Crippen LogP contribution in [-0.4, -0.2) is 70.2 Å². The normalized spacial score (nSPS) is 22.5. The summed E-state index contributed by atoms with van der Waals surface area (Å²) in [6, 6.07) is 0.263. The van der Waals surface area contributed by atoms with E-state index in [9.17, 15) is 9.59 Å². The third-order valence-corrected chi connectivity index (χ3v) is 4.31. The Labute approximate surface area is 133 Å². The van der Waals surface area contributed by atoms with E-state index in [0.717, 1.165) is 38.8 Å². The van der Waals surface area contributed by atoms with E-state index in [4.69, 9.17) is 10.2 Å². The van der Waals surface area contributed by atoms with Gasteiger partial charge in [-0.05, 0) is 25.3 Å². The van der Waals surface area contributed by atoms with Crippen LogP contribution in [0.3, 0.4) is 0 Å². The SMILES string of the molecule is CCN(CC(C)C)C1CCCCC1N(CC(=O)O)CC(=O)O. The molecule has 1 rings (SSSR count). The molecule has 0 aliphatic heterocycles. The van der Waals surface area contributed by atoms with Crippen molar-refractivity contribution in [1.82, 2.24) is 9.80 Å². The Hall–Kier alpha value is -1.14. The first-order valence-electron chi connectivity index (χ1n) is 8.26. The third kappa shape index (κ3) is 5.93. The van der Waals surface area contributed by atoms with Crippen molar-refractivity contribution in [2.24, 2.45) is 5.92 Å². The van der Waals surface area contributed by atoms with Crippen LogP contribution in [0.4, 0.5) is 0 Å². The average molecular weight is 314 g/mol. The van der Waals surface area contributed by atoms with Crippen molar-refractivity contribution in [3.63, 3.8) is 0 Å². The molecule has 2 atom stereocenters. The zero-order valence-corrected chi connectivity index (χ0v) is 14.0. The van der Waals surface area contributed by atoms with Crippen LogP contribution in [0.1, 0.15) is 46.5 Å². The fourth-order valence-electron chi connectivity index (χ4n) is 3.55. The second-order valence-corrected chi connectivity index (χ2v) is 6.59. The Morgan fingerprint density at radius 3 is 1.82 bits per heavy atom. The molecule has 1 aliphatic rings. The zero-order valence-electron chi connectivity index (χ0n) is 14.0. The first kappa shape index (κ1) is 18.9. The van der Waals surface area contributed by atoms with E-state index in [1.54, 1.807) is 4.90 Å². The summed E-state index contributed by atoms with van der Waals surface area (Å²) in [5.41, 5.74) is 0. The van der Waals surface area contributed by atoms with Gasteiger partial charge in [-0.2, -0.15) is 0 Å². The topological polar surface area (TPSA) is 81.1 Å². The molecule has 0 heterocycles. The lowest BCUT2D eigenvalue weighted by Crippen LogP contribution is -2.56. The monoisotopic (exact) mass is 314 g/mol. The lowest BCUT2D eigenvalue weighted by atomic mass is 9.87. The van der Waals surface area contributed by atoms with Crippen LogP contribution in [0.2, 0.25) is 0 Å². The smallest absolute Gasteiger partial charge is 0.317 e. The van der Waals surface area contributed by atoms with Gasteiger partial charge in [-0.25, -0.2) is 0 Å². The Morgan fingerprint density at radius 1 is 1.00 bits per heavy atom. The van der Waals surface area contributed by atoms with Crippen LogP contribution >= 0.6 is 0 Å². The standard InChI is InChI=1S/C16H30N2O4/c1-4-17(9-12(2)3)13-7-5-6-8-14(13)18(10-15(19)20)11-16(21)22/h12-14H,4-11H2,1-3H3,(H,19,20)(H,21,22). The second-order valence-electron chi connectivity index (χ2n) is 6.59. The van der Waals surface area contributed by atoms with Gasteiger partial charge >= 0.3 is 11.9 Å². The van der Waals surface area contributed by atoms with Crippen molar-refractivity contribution < 1.29 is 19.8 Å². The largest absolute Gasteiger partial charge is 0.480 e. The van der Waals surface area contributed by atoms with Gasteiger partial charge < -0.3 is 10.2 Å². The number of carboxylic acid groups (broad SMARTS) is 2. The van der Waals surface area contributed by atoms with E-state index in [1.807, 2.05) is 0 Å². The second kappa shape index (κ2) is 9.10. The van der Waals surface area contributed by atoms with Crippen LogP contribution in [0.5, 0.6) is 0 Å². The van der Waals surface area contributed by atoms with E-state index in [0.29, 0.717) is 5.92 Å². The minimum absolute atomic E-state index is 0.0136. The van der Waals surface area contributed by atoms with E-state index in [1.165, 1.54) is 0 Å². The van der Waals surface area contributed by atoms with Gasteiger partial charge in [0.25, 0.3) is 0 Å². The molecule has 0 saturated heterocycles. The van der Waals surface area contributed by atoms with Gasteiger partial charge in [0, 0.05) is 18.6 Å². The van der Waals surface area contributed by atoms with Gasteiger partial charge in [0.15, 0.2) is 0 Å². The molecular formula is C16H30N2O4.